The molecule has 2 rings (SSSR count). The number of hydrogen-bond acceptors (Lipinski definition) is 3. The van der Waals surface area contributed by atoms with Crippen LogP contribution in [0.3, 0.4) is 0 Å². The van der Waals surface area contributed by atoms with Gasteiger partial charge < -0.3 is 15.8 Å². The predicted octanol–water partition coefficient (Wildman–Crippen LogP) is 2.13. The van der Waals surface area contributed by atoms with Crippen LogP contribution < -0.4 is 11.1 Å². The quantitative estimate of drug-likeness (QED) is 0.848. The van der Waals surface area contributed by atoms with Crippen molar-refractivity contribution in [3.8, 4) is 0 Å². The molecule has 0 bridgehead atoms. The van der Waals surface area contributed by atoms with Gasteiger partial charge in [-0.15, -0.1) is 0 Å². The standard InChI is InChI=1S/C13H19FN2O/c1-10-8-13(9-15,5-6-17-10)16-12-4-2-3-11(14)7-12/h2-4,7,10,16H,5-6,8-9,15H2,1H3. The van der Waals surface area contributed by atoms with E-state index >= 15 is 0 Å². The fourth-order valence-corrected chi connectivity index (χ4v) is 2.39. The summed E-state index contributed by atoms with van der Waals surface area (Å²) >= 11 is 0. The summed E-state index contributed by atoms with van der Waals surface area (Å²) in [6.45, 7) is 3.26. The second-order valence-corrected chi connectivity index (χ2v) is 4.76. The zero-order valence-electron chi connectivity index (χ0n) is 10.1. The Morgan fingerprint density at radius 3 is 3.06 bits per heavy atom. The molecule has 0 amide bonds. The minimum atomic E-state index is -0.234. The fraction of sp³-hybridized carbons (Fsp3) is 0.538. The normalized spacial score (nSPS) is 29.0. The maximum atomic E-state index is 13.1. The highest BCUT2D eigenvalue weighted by Crippen LogP contribution is 2.28. The largest absolute Gasteiger partial charge is 0.378 e. The number of benzene rings is 1. The summed E-state index contributed by atoms with van der Waals surface area (Å²) in [5.74, 6) is -0.234. The topological polar surface area (TPSA) is 47.3 Å². The van der Waals surface area contributed by atoms with Crippen LogP contribution >= 0.6 is 0 Å². The van der Waals surface area contributed by atoms with E-state index in [0.29, 0.717) is 13.2 Å². The van der Waals surface area contributed by atoms with Gasteiger partial charge in [-0.05, 0) is 38.0 Å². The lowest BCUT2D eigenvalue weighted by Gasteiger charge is -2.40. The van der Waals surface area contributed by atoms with E-state index in [-0.39, 0.29) is 17.5 Å². The molecule has 4 heteroatoms. The first-order chi connectivity index (χ1) is 8.13. The molecule has 1 aliphatic rings. The van der Waals surface area contributed by atoms with Crippen molar-refractivity contribution < 1.29 is 9.13 Å². The van der Waals surface area contributed by atoms with Crippen LogP contribution in [0.4, 0.5) is 10.1 Å². The van der Waals surface area contributed by atoms with Gasteiger partial charge in [0, 0.05) is 18.8 Å². The molecule has 3 N–H and O–H groups in total. The Balaban J connectivity index is 2.13. The first kappa shape index (κ1) is 12.3. The molecular formula is C13H19FN2O. The van der Waals surface area contributed by atoms with Crippen molar-refractivity contribution in [1.82, 2.24) is 0 Å². The molecule has 2 atom stereocenters. The van der Waals surface area contributed by atoms with Crippen LogP contribution in [-0.4, -0.2) is 24.8 Å². The molecule has 1 heterocycles. The molecule has 1 aromatic carbocycles. The lowest BCUT2D eigenvalue weighted by Crippen LogP contribution is -2.51. The van der Waals surface area contributed by atoms with Gasteiger partial charge in [-0.25, -0.2) is 4.39 Å². The van der Waals surface area contributed by atoms with Gasteiger partial charge in [0.05, 0.1) is 11.6 Å². The van der Waals surface area contributed by atoms with Crippen molar-refractivity contribution in [2.24, 2.45) is 5.73 Å². The Kier molecular flexibility index (Phi) is 3.64. The van der Waals surface area contributed by atoms with Crippen molar-refractivity contribution in [2.45, 2.75) is 31.4 Å². The summed E-state index contributed by atoms with van der Waals surface area (Å²) in [4.78, 5) is 0. The molecule has 0 saturated carbocycles. The molecule has 0 radical (unpaired) electrons. The van der Waals surface area contributed by atoms with Gasteiger partial charge >= 0.3 is 0 Å². The third-order valence-electron chi connectivity index (χ3n) is 3.29. The predicted molar refractivity (Wildman–Crippen MR) is 66.5 cm³/mol. The third-order valence-corrected chi connectivity index (χ3v) is 3.29. The Morgan fingerprint density at radius 2 is 2.41 bits per heavy atom. The minimum absolute atomic E-state index is 0.175. The molecule has 0 aliphatic carbocycles. The highest BCUT2D eigenvalue weighted by molar-refractivity contribution is 5.46. The van der Waals surface area contributed by atoms with Crippen LogP contribution in [0.1, 0.15) is 19.8 Å². The number of nitrogens with two attached hydrogens (primary N) is 1. The lowest BCUT2D eigenvalue weighted by molar-refractivity contribution is 0.000262. The molecule has 1 aromatic rings. The summed E-state index contributed by atoms with van der Waals surface area (Å²) in [7, 11) is 0. The van der Waals surface area contributed by atoms with E-state index in [2.05, 4.69) is 5.32 Å². The fourth-order valence-electron chi connectivity index (χ4n) is 2.39. The minimum Gasteiger partial charge on any atom is -0.378 e. The van der Waals surface area contributed by atoms with Crippen molar-refractivity contribution in [3.05, 3.63) is 30.1 Å². The maximum Gasteiger partial charge on any atom is 0.125 e. The van der Waals surface area contributed by atoms with Gasteiger partial charge in [-0.2, -0.15) is 0 Å². The third kappa shape index (κ3) is 2.96. The molecule has 0 spiro atoms. The zero-order valence-corrected chi connectivity index (χ0v) is 10.1. The first-order valence-electron chi connectivity index (χ1n) is 5.99. The summed E-state index contributed by atoms with van der Waals surface area (Å²) in [6.07, 6.45) is 1.89. The summed E-state index contributed by atoms with van der Waals surface area (Å²) in [6, 6.07) is 6.50. The van der Waals surface area contributed by atoms with Gasteiger partial charge in [-0.3, -0.25) is 0 Å². The van der Waals surface area contributed by atoms with Crippen LogP contribution in [0, 0.1) is 5.82 Å². The van der Waals surface area contributed by atoms with Crippen LogP contribution in [-0.2, 0) is 4.74 Å². The monoisotopic (exact) mass is 238 g/mol. The number of halogens is 1. The molecule has 1 fully saturated rings. The number of rotatable bonds is 3. The van der Waals surface area contributed by atoms with Crippen molar-refractivity contribution in [2.75, 3.05) is 18.5 Å². The molecule has 1 saturated heterocycles. The smallest absolute Gasteiger partial charge is 0.125 e. The van der Waals surface area contributed by atoms with E-state index in [1.54, 1.807) is 6.07 Å². The van der Waals surface area contributed by atoms with E-state index in [9.17, 15) is 4.39 Å². The lowest BCUT2D eigenvalue weighted by atomic mass is 9.86. The van der Waals surface area contributed by atoms with E-state index < -0.39 is 0 Å². The molecule has 2 unspecified atom stereocenters. The van der Waals surface area contributed by atoms with Gasteiger partial charge in [0.2, 0.25) is 0 Å². The average Bonchev–Trinajstić information content (AvgIpc) is 2.29. The summed E-state index contributed by atoms with van der Waals surface area (Å²) < 4.78 is 18.7. The first-order valence-corrected chi connectivity index (χ1v) is 5.99. The van der Waals surface area contributed by atoms with Gasteiger partial charge in [0.1, 0.15) is 5.82 Å². The van der Waals surface area contributed by atoms with E-state index in [1.165, 1.54) is 12.1 Å². The zero-order chi connectivity index (χ0) is 12.3. The van der Waals surface area contributed by atoms with Crippen molar-refractivity contribution in [1.29, 1.82) is 0 Å². The van der Waals surface area contributed by atoms with Crippen LogP contribution in [0.25, 0.3) is 0 Å². The summed E-state index contributed by atoms with van der Waals surface area (Å²) in [5, 5.41) is 3.37. The van der Waals surface area contributed by atoms with Crippen LogP contribution in [0.15, 0.2) is 24.3 Å². The number of nitrogens with one attached hydrogen (secondary N) is 1. The van der Waals surface area contributed by atoms with Gasteiger partial charge in [-0.1, -0.05) is 6.07 Å². The molecule has 3 nitrogen and oxygen atoms in total. The van der Waals surface area contributed by atoms with Gasteiger partial charge in [0.15, 0.2) is 0 Å². The molecule has 1 aliphatic heterocycles. The van der Waals surface area contributed by atoms with Crippen LogP contribution in [0.5, 0.6) is 0 Å². The van der Waals surface area contributed by atoms with E-state index in [0.717, 1.165) is 18.5 Å². The van der Waals surface area contributed by atoms with E-state index in [4.69, 9.17) is 10.5 Å². The molecular weight excluding hydrogens is 219 g/mol. The average molecular weight is 238 g/mol. The summed E-state index contributed by atoms with van der Waals surface area (Å²) in [5.41, 5.74) is 6.48. The van der Waals surface area contributed by atoms with Crippen molar-refractivity contribution in [3.63, 3.8) is 0 Å². The number of ether oxygens (including phenoxy) is 1. The Bertz CT molecular complexity index is 385. The molecule has 0 aromatic heterocycles. The Hall–Kier alpha value is -1.13. The van der Waals surface area contributed by atoms with Gasteiger partial charge in [0.25, 0.3) is 0 Å². The second-order valence-electron chi connectivity index (χ2n) is 4.76. The second kappa shape index (κ2) is 5.02. The Morgan fingerprint density at radius 1 is 1.59 bits per heavy atom. The highest BCUT2D eigenvalue weighted by atomic mass is 19.1. The highest BCUT2D eigenvalue weighted by Gasteiger charge is 2.34. The van der Waals surface area contributed by atoms with E-state index in [1.807, 2.05) is 13.0 Å². The number of hydrogen-bond donors (Lipinski definition) is 2. The van der Waals surface area contributed by atoms with Crippen molar-refractivity contribution >= 4 is 5.69 Å². The molecule has 17 heavy (non-hydrogen) atoms. The molecule has 94 valence electrons. The Labute approximate surface area is 101 Å². The SMILES string of the molecule is CC1CC(CN)(Nc2cccc(F)c2)CCO1. The maximum absolute atomic E-state index is 13.1. The van der Waals surface area contributed by atoms with Crippen LogP contribution in [0.2, 0.25) is 0 Å². The number of anilines is 1.